The van der Waals surface area contributed by atoms with Crippen LogP contribution < -0.4 is 0 Å². The number of aliphatic hydroxyl groups excluding tert-OH is 1. The molecule has 12 heavy (non-hydrogen) atoms. The van der Waals surface area contributed by atoms with Crippen molar-refractivity contribution in [3.05, 3.63) is 0 Å². The molecule has 0 bridgehead atoms. The third kappa shape index (κ3) is 1.33. The fourth-order valence-electron chi connectivity index (χ4n) is 2.25. The minimum atomic E-state index is -0.0522. The number of esters is 1. The Kier molecular flexibility index (Phi) is 2.05. The van der Waals surface area contributed by atoms with Gasteiger partial charge in [-0.05, 0) is 25.2 Å². The smallest absolute Gasteiger partial charge is 0.306 e. The zero-order valence-corrected chi connectivity index (χ0v) is 7.03. The van der Waals surface area contributed by atoms with Crippen LogP contribution in [0.3, 0.4) is 0 Å². The second-order valence-electron chi connectivity index (χ2n) is 3.85. The minimum Gasteiger partial charge on any atom is -0.462 e. The Morgan fingerprint density at radius 1 is 1.50 bits per heavy atom. The van der Waals surface area contributed by atoms with E-state index in [0.29, 0.717) is 18.3 Å². The van der Waals surface area contributed by atoms with E-state index in [1.807, 2.05) is 0 Å². The Hall–Kier alpha value is -0.570. The molecule has 0 aromatic carbocycles. The number of fused-ring (bicyclic) bond motifs is 1. The normalized spacial score (nSPS) is 40.8. The summed E-state index contributed by atoms with van der Waals surface area (Å²) in [6, 6.07) is 0. The molecule has 1 saturated carbocycles. The summed E-state index contributed by atoms with van der Waals surface area (Å²) in [6.45, 7) is 0.237. The molecule has 1 N–H and O–H groups in total. The lowest BCUT2D eigenvalue weighted by atomic mass is 9.80. The topological polar surface area (TPSA) is 46.5 Å². The van der Waals surface area contributed by atoms with Crippen LogP contribution in [0.15, 0.2) is 0 Å². The monoisotopic (exact) mass is 170 g/mol. The molecule has 0 aromatic heterocycles. The molecule has 3 unspecified atom stereocenters. The van der Waals surface area contributed by atoms with Crippen LogP contribution >= 0.6 is 0 Å². The molecule has 3 heteroatoms. The van der Waals surface area contributed by atoms with Crippen LogP contribution in [0.5, 0.6) is 0 Å². The standard InChI is InChI=1S/C9H14O3/c10-5-6-1-2-7-4-9(11)12-8(7)3-6/h6-8,10H,1-5H2. The van der Waals surface area contributed by atoms with Gasteiger partial charge in [-0.25, -0.2) is 0 Å². The summed E-state index contributed by atoms with van der Waals surface area (Å²) in [5.74, 6) is 0.751. The van der Waals surface area contributed by atoms with Crippen LogP contribution in [0.4, 0.5) is 0 Å². The number of carbonyl (C=O) groups is 1. The first kappa shape index (κ1) is 8.05. The molecule has 68 valence electrons. The molecule has 0 amide bonds. The van der Waals surface area contributed by atoms with Gasteiger partial charge < -0.3 is 9.84 Å². The summed E-state index contributed by atoms with van der Waals surface area (Å²) in [4.78, 5) is 10.9. The first-order valence-corrected chi connectivity index (χ1v) is 4.60. The molecule has 2 aliphatic rings. The van der Waals surface area contributed by atoms with Gasteiger partial charge in [-0.3, -0.25) is 4.79 Å². The van der Waals surface area contributed by atoms with Gasteiger partial charge in [0, 0.05) is 12.5 Å². The molecule has 3 atom stereocenters. The Labute approximate surface area is 71.7 Å². The number of ether oxygens (including phenoxy) is 1. The van der Waals surface area contributed by atoms with Crippen molar-refractivity contribution >= 4 is 5.97 Å². The van der Waals surface area contributed by atoms with Crippen molar-refractivity contribution in [3.8, 4) is 0 Å². The van der Waals surface area contributed by atoms with Gasteiger partial charge in [0.25, 0.3) is 0 Å². The van der Waals surface area contributed by atoms with E-state index < -0.39 is 0 Å². The molecule has 0 radical (unpaired) electrons. The minimum absolute atomic E-state index is 0.0522. The Bertz CT molecular complexity index is 190. The van der Waals surface area contributed by atoms with Crippen molar-refractivity contribution in [1.82, 2.24) is 0 Å². The number of rotatable bonds is 1. The molecule has 1 aliphatic heterocycles. The third-order valence-electron chi connectivity index (χ3n) is 3.01. The quantitative estimate of drug-likeness (QED) is 0.589. The predicted molar refractivity (Wildman–Crippen MR) is 42.4 cm³/mol. The van der Waals surface area contributed by atoms with Crippen molar-refractivity contribution in [2.75, 3.05) is 6.61 Å². The summed E-state index contributed by atoms with van der Waals surface area (Å²) in [5.41, 5.74) is 0. The molecule has 3 nitrogen and oxygen atoms in total. The predicted octanol–water partition coefficient (Wildman–Crippen LogP) is 0.710. The third-order valence-corrected chi connectivity index (χ3v) is 3.01. The Balaban J connectivity index is 1.97. The maximum Gasteiger partial charge on any atom is 0.306 e. The summed E-state index contributed by atoms with van der Waals surface area (Å²) >= 11 is 0. The van der Waals surface area contributed by atoms with Crippen molar-refractivity contribution in [1.29, 1.82) is 0 Å². The van der Waals surface area contributed by atoms with E-state index in [9.17, 15) is 4.79 Å². The second kappa shape index (κ2) is 3.05. The van der Waals surface area contributed by atoms with Crippen LogP contribution in [-0.4, -0.2) is 23.8 Å². The lowest BCUT2D eigenvalue weighted by molar-refractivity contribution is -0.142. The number of carbonyl (C=O) groups excluding carboxylic acids is 1. The van der Waals surface area contributed by atoms with Crippen molar-refractivity contribution < 1.29 is 14.6 Å². The highest BCUT2D eigenvalue weighted by Gasteiger charge is 2.39. The van der Waals surface area contributed by atoms with E-state index >= 15 is 0 Å². The van der Waals surface area contributed by atoms with Crippen molar-refractivity contribution in [3.63, 3.8) is 0 Å². The van der Waals surface area contributed by atoms with E-state index in [-0.39, 0.29) is 18.7 Å². The van der Waals surface area contributed by atoms with Gasteiger partial charge in [-0.2, -0.15) is 0 Å². The number of hydrogen-bond acceptors (Lipinski definition) is 3. The van der Waals surface area contributed by atoms with Gasteiger partial charge in [-0.1, -0.05) is 0 Å². The van der Waals surface area contributed by atoms with Crippen LogP contribution in [0.25, 0.3) is 0 Å². The van der Waals surface area contributed by atoms with E-state index in [2.05, 4.69) is 0 Å². The lowest BCUT2D eigenvalue weighted by Crippen LogP contribution is -2.27. The largest absolute Gasteiger partial charge is 0.462 e. The van der Waals surface area contributed by atoms with E-state index in [0.717, 1.165) is 19.3 Å². The SMILES string of the molecule is O=C1CC2CCC(CO)CC2O1. The van der Waals surface area contributed by atoms with Crippen molar-refractivity contribution in [2.24, 2.45) is 11.8 Å². The fourth-order valence-corrected chi connectivity index (χ4v) is 2.25. The zero-order chi connectivity index (χ0) is 8.55. The molecule has 1 saturated heterocycles. The molecule has 2 fully saturated rings. The van der Waals surface area contributed by atoms with Crippen LogP contribution in [0.1, 0.15) is 25.7 Å². The highest BCUT2D eigenvalue weighted by atomic mass is 16.5. The van der Waals surface area contributed by atoms with Gasteiger partial charge in [-0.15, -0.1) is 0 Å². The lowest BCUT2D eigenvalue weighted by Gasteiger charge is -2.28. The maximum absolute atomic E-state index is 10.9. The fraction of sp³-hybridized carbons (Fsp3) is 0.889. The molecule has 0 spiro atoms. The first-order chi connectivity index (χ1) is 5.79. The van der Waals surface area contributed by atoms with Crippen molar-refractivity contribution in [2.45, 2.75) is 31.8 Å². The summed E-state index contributed by atoms with van der Waals surface area (Å²) in [7, 11) is 0. The van der Waals surface area contributed by atoms with Gasteiger partial charge in [0.05, 0.1) is 6.42 Å². The maximum atomic E-state index is 10.9. The average Bonchev–Trinajstić information content (AvgIpc) is 2.43. The van der Waals surface area contributed by atoms with Gasteiger partial charge in [0.2, 0.25) is 0 Å². The second-order valence-corrected chi connectivity index (χ2v) is 3.85. The number of hydrogen-bond donors (Lipinski definition) is 1. The van der Waals surface area contributed by atoms with E-state index in [1.165, 1.54) is 0 Å². The summed E-state index contributed by atoms with van der Waals surface area (Å²) < 4.78 is 5.15. The summed E-state index contributed by atoms with van der Waals surface area (Å²) in [5, 5.41) is 8.94. The molecule has 2 rings (SSSR count). The van der Waals surface area contributed by atoms with Crippen LogP contribution in [-0.2, 0) is 9.53 Å². The highest BCUT2D eigenvalue weighted by Crippen LogP contribution is 2.37. The highest BCUT2D eigenvalue weighted by molar-refractivity contribution is 5.72. The Morgan fingerprint density at radius 2 is 2.33 bits per heavy atom. The molecule has 1 aliphatic carbocycles. The van der Waals surface area contributed by atoms with Crippen LogP contribution in [0.2, 0.25) is 0 Å². The molecule has 0 aromatic rings. The number of aliphatic hydroxyl groups is 1. The Morgan fingerprint density at radius 3 is 3.08 bits per heavy atom. The first-order valence-electron chi connectivity index (χ1n) is 4.60. The summed E-state index contributed by atoms with van der Waals surface area (Å²) in [6.07, 6.45) is 3.68. The average molecular weight is 170 g/mol. The van der Waals surface area contributed by atoms with Gasteiger partial charge in [0.1, 0.15) is 6.10 Å². The van der Waals surface area contributed by atoms with E-state index in [1.54, 1.807) is 0 Å². The van der Waals surface area contributed by atoms with E-state index in [4.69, 9.17) is 9.84 Å². The van der Waals surface area contributed by atoms with Gasteiger partial charge in [0.15, 0.2) is 0 Å². The molecular weight excluding hydrogens is 156 g/mol. The van der Waals surface area contributed by atoms with Crippen LogP contribution in [0, 0.1) is 11.8 Å². The van der Waals surface area contributed by atoms with Gasteiger partial charge >= 0.3 is 5.97 Å². The molecular formula is C9H14O3. The molecule has 1 heterocycles. The zero-order valence-electron chi connectivity index (χ0n) is 7.03.